The van der Waals surface area contributed by atoms with Gasteiger partial charge in [0.15, 0.2) is 5.82 Å². The van der Waals surface area contributed by atoms with Crippen molar-refractivity contribution in [2.24, 2.45) is 0 Å². The summed E-state index contributed by atoms with van der Waals surface area (Å²) in [4.78, 5) is 40.0. The number of hydrogen-bond donors (Lipinski definition) is 2. The third-order valence-electron chi connectivity index (χ3n) is 6.60. The van der Waals surface area contributed by atoms with Crippen LogP contribution in [0.2, 0.25) is 0 Å². The molecule has 0 aliphatic carbocycles. The number of carbonyl (C=O) groups excluding carboxylic acids is 3. The fourth-order valence-corrected chi connectivity index (χ4v) is 4.39. The van der Waals surface area contributed by atoms with Gasteiger partial charge in [-0.1, -0.05) is 29.8 Å². The molecular formula is C24H25N7O3. The Balaban J connectivity index is 1.21. The van der Waals surface area contributed by atoms with E-state index in [1.54, 1.807) is 36.0 Å². The van der Waals surface area contributed by atoms with Crippen LogP contribution in [0.4, 0.5) is 4.79 Å². The Morgan fingerprint density at radius 1 is 1.03 bits per heavy atom. The molecule has 2 aromatic carbocycles. The van der Waals surface area contributed by atoms with Crippen LogP contribution in [0, 0.1) is 6.92 Å². The number of nitrogens with one attached hydrogen (secondary N) is 2. The number of urea groups is 1. The number of aromatic nitrogens is 4. The fraction of sp³-hybridized carbons (Fsp3) is 0.333. The van der Waals surface area contributed by atoms with Gasteiger partial charge >= 0.3 is 6.03 Å². The molecule has 1 atom stereocenters. The van der Waals surface area contributed by atoms with Gasteiger partial charge in [-0.15, -0.1) is 15.0 Å². The second-order valence-electron chi connectivity index (χ2n) is 8.95. The smallest absolute Gasteiger partial charge is 0.322 e. The van der Waals surface area contributed by atoms with E-state index in [-0.39, 0.29) is 11.8 Å². The van der Waals surface area contributed by atoms with Gasteiger partial charge in [-0.25, -0.2) is 4.79 Å². The Bertz CT molecular complexity index is 1240. The highest BCUT2D eigenvalue weighted by Gasteiger charge is 2.43. The molecule has 0 saturated carbocycles. The van der Waals surface area contributed by atoms with Gasteiger partial charge in [0.2, 0.25) is 0 Å². The van der Waals surface area contributed by atoms with E-state index in [0.717, 1.165) is 18.5 Å². The summed E-state index contributed by atoms with van der Waals surface area (Å²) in [6.07, 6.45) is 1.52. The molecule has 5 rings (SSSR count). The van der Waals surface area contributed by atoms with Gasteiger partial charge in [0.05, 0.1) is 5.69 Å². The number of likely N-dealkylation sites (tertiary alicyclic amines) is 1. The zero-order valence-corrected chi connectivity index (χ0v) is 19.0. The summed E-state index contributed by atoms with van der Waals surface area (Å²) >= 11 is 0. The van der Waals surface area contributed by atoms with Crippen molar-refractivity contribution in [3.8, 4) is 5.69 Å². The van der Waals surface area contributed by atoms with Gasteiger partial charge in [-0.05, 0) is 61.7 Å². The maximum atomic E-state index is 13.0. The predicted octanol–water partition coefficient (Wildman–Crippen LogP) is 2.05. The lowest BCUT2D eigenvalue weighted by Crippen LogP contribution is -2.40. The van der Waals surface area contributed by atoms with E-state index in [4.69, 9.17) is 0 Å². The quantitative estimate of drug-likeness (QED) is 0.576. The van der Waals surface area contributed by atoms with Crippen molar-refractivity contribution in [2.45, 2.75) is 38.1 Å². The number of carbonyl (C=O) groups is 3. The normalized spacial score (nSPS) is 20.8. The third kappa shape index (κ3) is 3.91. The number of piperidine rings is 1. The van der Waals surface area contributed by atoms with Gasteiger partial charge in [-0.2, -0.15) is 0 Å². The number of hydrogen-bond acceptors (Lipinski definition) is 6. The molecule has 4 amide bonds. The van der Waals surface area contributed by atoms with Gasteiger partial charge in [-0.3, -0.25) is 14.9 Å². The number of aryl methyl sites for hydroxylation is 1. The molecule has 2 saturated heterocycles. The Hall–Kier alpha value is -4.08. The topological polar surface area (TPSA) is 122 Å². The highest BCUT2D eigenvalue weighted by molar-refractivity contribution is 6.07. The van der Waals surface area contributed by atoms with Gasteiger partial charge < -0.3 is 10.2 Å². The van der Waals surface area contributed by atoms with Crippen LogP contribution in [0.15, 0.2) is 48.5 Å². The Labute approximate surface area is 196 Å². The van der Waals surface area contributed by atoms with Crippen LogP contribution in [0.3, 0.4) is 0 Å². The molecule has 0 unspecified atom stereocenters. The first-order chi connectivity index (χ1) is 16.3. The summed E-state index contributed by atoms with van der Waals surface area (Å²) < 4.78 is 0. The van der Waals surface area contributed by atoms with E-state index in [1.165, 1.54) is 5.56 Å². The SMILES string of the molecule is Cc1ccc(-n2nnc(C3CCN(C(=O)c4ccc([C@@]5(C)NC(=O)NC5=O)cc4)CC3)n2)cc1. The molecule has 0 radical (unpaired) electrons. The summed E-state index contributed by atoms with van der Waals surface area (Å²) in [5, 5.41) is 17.9. The first kappa shape index (κ1) is 21.7. The maximum Gasteiger partial charge on any atom is 0.322 e. The summed E-state index contributed by atoms with van der Waals surface area (Å²) in [6.45, 7) is 4.86. The first-order valence-corrected chi connectivity index (χ1v) is 11.2. The first-order valence-electron chi connectivity index (χ1n) is 11.2. The summed E-state index contributed by atoms with van der Waals surface area (Å²) in [5.74, 6) is 0.370. The largest absolute Gasteiger partial charge is 0.339 e. The molecule has 3 heterocycles. The minimum atomic E-state index is -1.14. The lowest BCUT2D eigenvalue weighted by Gasteiger charge is -2.31. The second kappa shape index (κ2) is 8.36. The Morgan fingerprint density at radius 2 is 1.71 bits per heavy atom. The highest BCUT2D eigenvalue weighted by Crippen LogP contribution is 2.28. The summed E-state index contributed by atoms with van der Waals surface area (Å²) in [6, 6.07) is 14.2. The number of nitrogens with zero attached hydrogens (tertiary/aromatic N) is 5. The molecule has 10 heteroatoms. The molecule has 34 heavy (non-hydrogen) atoms. The van der Waals surface area contributed by atoms with E-state index in [2.05, 4.69) is 26.0 Å². The lowest BCUT2D eigenvalue weighted by atomic mass is 9.91. The molecule has 3 aromatic rings. The zero-order valence-electron chi connectivity index (χ0n) is 19.0. The molecule has 2 fully saturated rings. The fourth-order valence-electron chi connectivity index (χ4n) is 4.39. The minimum Gasteiger partial charge on any atom is -0.339 e. The average Bonchev–Trinajstić information content (AvgIpc) is 3.44. The molecule has 0 spiro atoms. The molecule has 0 bridgehead atoms. The van der Waals surface area contributed by atoms with Crippen molar-refractivity contribution in [1.82, 2.24) is 35.7 Å². The zero-order chi connectivity index (χ0) is 23.9. The van der Waals surface area contributed by atoms with Crippen molar-refractivity contribution in [1.29, 1.82) is 0 Å². The average molecular weight is 460 g/mol. The molecule has 2 aliphatic rings. The highest BCUT2D eigenvalue weighted by atomic mass is 16.2. The molecule has 174 valence electrons. The van der Waals surface area contributed by atoms with E-state index < -0.39 is 17.5 Å². The van der Waals surface area contributed by atoms with E-state index in [0.29, 0.717) is 30.0 Å². The van der Waals surface area contributed by atoms with Crippen LogP contribution in [-0.4, -0.2) is 56.0 Å². The summed E-state index contributed by atoms with van der Waals surface area (Å²) in [7, 11) is 0. The van der Waals surface area contributed by atoms with Crippen molar-refractivity contribution in [3.63, 3.8) is 0 Å². The summed E-state index contributed by atoms with van der Waals surface area (Å²) in [5.41, 5.74) is 2.05. The van der Waals surface area contributed by atoms with Gasteiger partial charge in [0.1, 0.15) is 5.54 Å². The van der Waals surface area contributed by atoms with Crippen molar-refractivity contribution >= 4 is 17.8 Å². The van der Waals surface area contributed by atoms with Crippen LogP contribution in [-0.2, 0) is 10.3 Å². The number of rotatable bonds is 4. The van der Waals surface area contributed by atoms with Crippen LogP contribution < -0.4 is 10.6 Å². The predicted molar refractivity (Wildman–Crippen MR) is 122 cm³/mol. The third-order valence-corrected chi connectivity index (χ3v) is 6.60. The Kier molecular flexibility index (Phi) is 5.35. The minimum absolute atomic E-state index is 0.0636. The van der Waals surface area contributed by atoms with Crippen molar-refractivity contribution < 1.29 is 14.4 Å². The number of amides is 4. The van der Waals surface area contributed by atoms with Gasteiger partial charge in [0, 0.05) is 24.6 Å². The molecule has 2 aliphatic heterocycles. The van der Waals surface area contributed by atoms with Crippen LogP contribution >= 0.6 is 0 Å². The van der Waals surface area contributed by atoms with E-state index >= 15 is 0 Å². The number of tetrazole rings is 1. The van der Waals surface area contributed by atoms with E-state index in [1.807, 2.05) is 36.1 Å². The van der Waals surface area contributed by atoms with Crippen molar-refractivity contribution in [2.75, 3.05) is 13.1 Å². The second-order valence-corrected chi connectivity index (χ2v) is 8.95. The maximum absolute atomic E-state index is 13.0. The van der Waals surface area contributed by atoms with Gasteiger partial charge in [0.25, 0.3) is 11.8 Å². The van der Waals surface area contributed by atoms with Crippen molar-refractivity contribution in [3.05, 3.63) is 71.0 Å². The monoisotopic (exact) mass is 459 g/mol. The molecule has 2 N–H and O–H groups in total. The molecule has 1 aromatic heterocycles. The van der Waals surface area contributed by atoms with Crippen LogP contribution in [0.25, 0.3) is 5.69 Å². The number of imide groups is 1. The molecular weight excluding hydrogens is 434 g/mol. The lowest BCUT2D eigenvalue weighted by molar-refractivity contribution is -0.123. The van der Waals surface area contributed by atoms with Crippen LogP contribution in [0.1, 0.15) is 53.0 Å². The van der Waals surface area contributed by atoms with E-state index in [9.17, 15) is 14.4 Å². The standard InChI is InChI=1S/C24H25N7O3/c1-15-3-9-19(10-4-15)31-28-20(27-29-31)16-11-13-30(14-12-16)21(32)17-5-7-18(8-6-17)24(2)22(33)25-23(34)26-24/h3-10,16H,11-14H2,1-2H3,(H2,25,26,33,34)/t24-/m1/s1. The van der Waals surface area contributed by atoms with Crippen LogP contribution in [0.5, 0.6) is 0 Å². The Morgan fingerprint density at radius 3 is 2.32 bits per heavy atom. The molecule has 10 nitrogen and oxygen atoms in total. The number of benzene rings is 2.